The first-order valence-electron chi connectivity index (χ1n) is 6.72. The van der Waals surface area contributed by atoms with E-state index in [0.29, 0.717) is 6.54 Å². The lowest BCUT2D eigenvalue weighted by Gasteiger charge is -2.10. The number of benzene rings is 1. The molecule has 0 fully saturated rings. The summed E-state index contributed by atoms with van der Waals surface area (Å²) >= 11 is 0. The summed E-state index contributed by atoms with van der Waals surface area (Å²) in [6, 6.07) is 2.48. The third kappa shape index (κ3) is 5.88. The molecular formula is C14H20F4N2. The van der Waals surface area contributed by atoms with Crippen molar-refractivity contribution in [1.82, 2.24) is 10.6 Å². The molecule has 0 saturated heterocycles. The smallest absolute Gasteiger partial charge is 0.317 e. The number of rotatable bonds is 8. The third-order valence-electron chi connectivity index (χ3n) is 2.82. The molecule has 0 heterocycles. The van der Waals surface area contributed by atoms with Crippen molar-refractivity contribution in [3.8, 4) is 0 Å². The van der Waals surface area contributed by atoms with E-state index in [1.54, 1.807) is 0 Å². The van der Waals surface area contributed by atoms with Crippen LogP contribution in [0, 0.1) is 5.82 Å². The van der Waals surface area contributed by atoms with E-state index in [4.69, 9.17) is 0 Å². The summed E-state index contributed by atoms with van der Waals surface area (Å²) in [5.41, 5.74) is -0.776. The van der Waals surface area contributed by atoms with Gasteiger partial charge in [0.05, 0.1) is 5.56 Å². The van der Waals surface area contributed by atoms with Crippen molar-refractivity contribution in [2.24, 2.45) is 0 Å². The summed E-state index contributed by atoms with van der Waals surface area (Å²) < 4.78 is 50.9. The van der Waals surface area contributed by atoms with Crippen LogP contribution in [-0.2, 0) is 12.7 Å². The predicted octanol–water partition coefficient (Wildman–Crippen LogP) is 3.32. The van der Waals surface area contributed by atoms with Gasteiger partial charge in [0.25, 0.3) is 0 Å². The summed E-state index contributed by atoms with van der Waals surface area (Å²) in [4.78, 5) is 0. The second kappa shape index (κ2) is 8.21. The average molecular weight is 292 g/mol. The monoisotopic (exact) mass is 292 g/mol. The Labute approximate surface area is 116 Å². The number of alkyl halides is 3. The fourth-order valence-electron chi connectivity index (χ4n) is 1.75. The van der Waals surface area contributed by atoms with Crippen molar-refractivity contribution in [3.05, 3.63) is 35.1 Å². The molecule has 20 heavy (non-hydrogen) atoms. The van der Waals surface area contributed by atoms with Crippen molar-refractivity contribution in [1.29, 1.82) is 0 Å². The molecule has 0 unspecified atom stereocenters. The molecule has 0 aliphatic carbocycles. The molecule has 0 aliphatic heterocycles. The summed E-state index contributed by atoms with van der Waals surface area (Å²) in [7, 11) is 0. The van der Waals surface area contributed by atoms with E-state index in [1.165, 1.54) is 0 Å². The van der Waals surface area contributed by atoms with Crippen molar-refractivity contribution in [2.45, 2.75) is 32.5 Å². The van der Waals surface area contributed by atoms with Crippen molar-refractivity contribution >= 4 is 0 Å². The Hall–Kier alpha value is -1.14. The van der Waals surface area contributed by atoms with Gasteiger partial charge in [0.2, 0.25) is 0 Å². The molecule has 114 valence electrons. The van der Waals surface area contributed by atoms with Crippen LogP contribution in [0.3, 0.4) is 0 Å². The van der Waals surface area contributed by atoms with Crippen LogP contribution in [-0.4, -0.2) is 19.6 Å². The summed E-state index contributed by atoms with van der Waals surface area (Å²) in [6.07, 6.45) is -2.53. The molecule has 6 heteroatoms. The molecule has 1 aromatic rings. The number of halogens is 4. The van der Waals surface area contributed by atoms with Gasteiger partial charge < -0.3 is 10.6 Å². The van der Waals surface area contributed by atoms with E-state index in [0.717, 1.165) is 44.1 Å². The minimum Gasteiger partial charge on any atom is -0.317 e. The van der Waals surface area contributed by atoms with E-state index >= 15 is 0 Å². The molecule has 0 aliphatic rings. The molecule has 0 spiro atoms. The lowest BCUT2D eigenvalue weighted by atomic mass is 10.1. The lowest BCUT2D eigenvalue weighted by Crippen LogP contribution is -2.22. The normalized spacial score (nSPS) is 11.8. The number of nitrogens with one attached hydrogen (secondary N) is 2. The zero-order valence-corrected chi connectivity index (χ0v) is 11.5. The van der Waals surface area contributed by atoms with E-state index in [1.807, 2.05) is 0 Å². The molecule has 1 aromatic carbocycles. The van der Waals surface area contributed by atoms with E-state index in [2.05, 4.69) is 17.6 Å². The first-order chi connectivity index (χ1) is 9.45. The summed E-state index contributed by atoms with van der Waals surface area (Å²) in [5.74, 6) is -0.616. The van der Waals surface area contributed by atoms with Gasteiger partial charge in [-0.05, 0) is 50.7 Å². The minimum absolute atomic E-state index is 0.0429. The standard InChI is InChI=1S/C14H20F4N2/c1-2-6-19-7-3-8-20-10-11-9-12(14(16,17)18)4-5-13(11)15/h4-5,9,19-20H,2-3,6-8,10H2,1H3. The van der Waals surface area contributed by atoms with E-state index in [9.17, 15) is 17.6 Å². The largest absolute Gasteiger partial charge is 0.416 e. The highest BCUT2D eigenvalue weighted by Crippen LogP contribution is 2.30. The molecule has 2 nitrogen and oxygen atoms in total. The average Bonchev–Trinajstić information content (AvgIpc) is 2.38. The van der Waals surface area contributed by atoms with Crippen molar-refractivity contribution < 1.29 is 17.6 Å². The van der Waals surface area contributed by atoms with Crippen molar-refractivity contribution in [3.63, 3.8) is 0 Å². The number of hydrogen-bond donors (Lipinski definition) is 2. The van der Waals surface area contributed by atoms with Gasteiger partial charge >= 0.3 is 6.18 Å². The van der Waals surface area contributed by atoms with Gasteiger partial charge in [-0.1, -0.05) is 6.92 Å². The van der Waals surface area contributed by atoms with Gasteiger partial charge in [-0.25, -0.2) is 4.39 Å². The Bertz CT molecular complexity index is 405. The van der Waals surface area contributed by atoms with Gasteiger partial charge in [0.1, 0.15) is 5.82 Å². The zero-order valence-electron chi connectivity index (χ0n) is 11.5. The van der Waals surface area contributed by atoms with Crippen LogP contribution in [0.2, 0.25) is 0 Å². The number of hydrogen-bond acceptors (Lipinski definition) is 2. The lowest BCUT2D eigenvalue weighted by molar-refractivity contribution is -0.137. The highest BCUT2D eigenvalue weighted by molar-refractivity contribution is 5.27. The minimum atomic E-state index is -4.44. The Balaban J connectivity index is 2.40. The Morgan fingerprint density at radius 1 is 1.05 bits per heavy atom. The summed E-state index contributed by atoms with van der Waals surface area (Å²) in [5, 5.41) is 6.16. The maximum Gasteiger partial charge on any atom is 0.416 e. The predicted molar refractivity (Wildman–Crippen MR) is 70.9 cm³/mol. The van der Waals surface area contributed by atoms with Gasteiger partial charge in [0, 0.05) is 12.1 Å². The van der Waals surface area contributed by atoms with Crippen LogP contribution < -0.4 is 10.6 Å². The Kier molecular flexibility index (Phi) is 6.95. The fraction of sp³-hybridized carbons (Fsp3) is 0.571. The molecule has 0 aromatic heterocycles. The Morgan fingerprint density at radius 3 is 2.40 bits per heavy atom. The molecule has 1 rings (SSSR count). The van der Waals surface area contributed by atoms with Gasteiger partial charge in [-0.3, -0.25) is 0 Å². The molecule has 2 N–H and O–H groups in total. The van der Waals surface area contributed by atoms with Crippen LogP contribution in [0.25, 0.3) is 0 Å². The SMILES string of the molecule is CCCNCCCNCc1cc(C(F)(F)F)ccc1F. The molecule has 0 bridgehead atoms. The first kappa shape index (κ1) is 16.9. The fourth-order valence-corrected chi connectivity index (χ4v) is 1.75. The molecule has 0 amide bonds. The summed E-state index contributed by atoms with van der Waals surface area (Å²) in [6.45, 7) is 4.59. The molecular weight excluding hydrogens is 272 g/mol. The molecule has 0 atom stereocenters. The topological polar surface area (TPSA) is 24.1 Å². The van der Waals surface area contributed by atoms with Crippen LogP contribution in [0.4, 0.5) is 17.6 Å². The van der Waals surface area contributed by atoms with Crippen LogP contribution in [0.1, 0.15) is 30.9 Å². The van der Waals surface area contributed by atoms with Crippen molar-refractivity contribution in [2.75, 3.05) is 19.6 Å². The van der Waals surface area contributed by atoms with E-state index < -0.39 is 17.6 Å². The van der Waals surface area contributed by atoms with Gasteiger partial charge in [0.15, 0.2) is 0 Å². The maximum atomic E-state index is 13.4. The van der Waals surface area contributed by atoms with Crippen LogP contribution in [0.5, 0.6) is 0 Å². The zero-order chi connectivity index (χ0) is 15.0. The van der Waals surface area contributed by atoms with Gasteiger partial charge in [-0.2, -0.15) is 13.2 Å². The van der Waals surface area contributed by atoms with Gasteiger partial charge in [-0.15, -0.1) is 0 Å². The molecule has 0 saturated carbocycles. The highest BCUT2D eigenvalue weighted by atomic mass is 19.4. The quantitative estimate of drug-likeness (QED) is 0.567. The van der Waals surface area contributed by atoms with Crippen LogP contribution in [0.15, 0.2) is 18.2 Å². The van der Waals surface area contributed by atoms with Crippen LogP contribution >= 0.6 is 0 Å². The second-order valence-corrected chi connectivity index (χ2v) is 4.58. The Morgan fingerprint density at radius 2 is 1.75 bits per heavy atom. The van der Waals surface area contributed by atoms with E-state index in [-0.39, 0.29) is 12.1 Å². The maximum absolute atomic E-state index is 13.4. The first-order valence-corrected chi connectivity index (χ1v) is 6.72. The third-order valence-corrected chi connectivity index (χ3v) is 2.82. The second-order valence-electron chi connectivity index (χ2n) is 4.58. The molecule has 0 radical (unpaired) electrons. The highest BCUT2D eigenvalue weighted by Gasteiger charge is 2.30.